The summed E-state index contributed by atoms with van der Waals surface area (Å²) >= 11 is 0. The fourth-order valence-corrected chi connectivity index (χ4v) is 2.61. The summed E-state index contributed by atoms with van der Waals surface area (Å²) in [5.41, 5.74) is 0.412. The molecular formula is C15H20O3. The van der Waals surface area contributed by atoms with E-state index < -0.39 is 18.1 Å². The summed E-state index contributed by atoms with van der Waals surface area (Å²) in [5, 5.41) is 19.7. The number of aliphatic hydroxyl groups excluding tert-OH is 2. The van der Waals surface area contributed by atoms with Gasteiger partial charge in [-0.2, -0.15) is 0 Å². The van der Waals surface area contributed by atoms with Crippen molar-refractivity contribution in [3.05, 3.63) is 12.2 Å². The largest absolute Gasteiger partial charge is 0.392 e. The molecule has 0 heterocycles. The van der Waals surface area contributed by atoms with Gasteiger partial charge in [0.05, 0.1) is 18.1 Å². The summed E-state index contributed by atoms with van der Waals surface area (Å²) in [6.45, 7) is 5.75. The van der Waals surface area contributed by atoms with E-state index in [9.17, 15) is 15.0 Å². The maximum Gasteiger partial charge on any atom is 0.162 e. The molecule has 2 rings (SSSR count). The van der Waals surface area contributed by atoms with Gasteiger partial charge in [-0.1, -0.05) is 31.8 Å². The number of rotatable bonds is 2. The predicted octanol–water partition coefficient (Wildman–Crippen LogP) is 1.44. The minimum absolute atomic E-state index is 0.00972. The first-order valence-corrected chi connectivity index (χ1v) is 6.50. The maximum atomic E-state index is 11.3. The highest BCUT2D eigenvalue weighted by Gasteiger charge is 2.38. The van der Waals surface area contributed by atoms with Gasteiger partial charge in [-0.3, -0.25) is 4.79 Å². The van der Waals surface area contributed by atoms with Crippen LogP contribution in [0.3, 0.4) is 0 Å². The molecule has 0 amide bonds. The van der Waals surface area contributed by atoms with E-state index in [-0.39, 0.29) is 17.6 Å². The molecule has 98 valence electrons. The van der Waals surface area contributed by atoms with E-state index in [0.29, 0.717) is 12.0 Å². The van der Waals surface area contributed by atoms with Crippen LogP contribution in [0.4, 0.5) is 0 Å². The molecule has 18 heavy (non-hydrogen) atoms. The molecule has 0 aromatic heterocycles. The van der Waals surface area contributed by atoms with Gasteiger partial charge in [0.25, 0.3) is 0 Å². The monoisotopic (exact) mass is 248 g/mol. The van der Waals surface area contributed by atoms with Gasteiger partial charge in [0, 0.05) is 18.4 Å². The molecule has 0 aromatic rings. The van der Waals surface area contributed by atoms with Crippen molar-refractivity contribution >= 4 is 5.78 Å². The highest BCUT2D eigenvalue weighted by atomic mass is 16.3. The van der Waals surface area contributed by atoms with Crippen LogP contribution in [-0.2, 0) is 4.79 Å². The molecule has 0 aliphatic heterocycles. The zero-order chi connectivity index (χ0) is 13.3. The van der Waals surface area contributed by atoms with Crippen LogP contribution in [0.5, 0.6) is 0 Å². The summed E-state index contributed by atoms with van der Waals surface area (Å²) in [5.74, 6) is 5.24. The Labute approximate surface area is 108 Å². The molecule has 3 nitrogen and oxygen atoms in total. The summed E-state index contributed by atoms with van der Waals surface area (Å²) in [7, 11) is 0. The van der Waals surface area contributed by atoms with Crippen LogP contribution in [0, 0.1) is 23.2 Å². The van der Waals surface area contributed by atoms with Crippen LogP contribution >= 0.6 is 0 Å². The van der Waals surface area contributed by atoms with Crippen LogP contribution in [0.1, 0.15) is 39.0 Å². The first-order valence-electron chi connectivity index (χ1n) is 6.50. The van der Waals surface area contributed by atoms with E-state index >= 15 is 0 Å². The number of carbonyl (C=O) groups is 1. The van der Waals surface area contributed by atoms with Crippen molar-refractivity contribution in [3.63, 3.8) is 0 Å². The molecule has 2 aliphatic rings. The van der Waals surface area contributed by atoms with Gasteiger partial charge in [-0.25, -0.2) is 0 Å². The molecule has 0 radical (unpaired) electrons. The van der Waals surface area contributed by atoms with Crippen molar-refractivity contribution in [2.75, 3.05) is 0 Å². The third-order valence-electron chi connectivity index (χ3n) is 4.37. The van der Waals surface area contributed by atoms with Crippen LogP contribution in [-0.4, -0.2) is 28.2 Å². The number of aliphatic hydroxyl groups is 2. The Morgan fingerprint density at radius 3 is 2.67 bits per heavy atom. The fraction of sp³-hybridized carbons (Fsp3) is 0.667. The van der Waals surface area contributed by atoms with Crippen LogP contribution in [0.15, 0.2) is 12.2 Å². The van der Waals surface area contributed by atoms with Crippen molar-refractivity contribution in [1.82, 2.24) is 0 Å². The minimum atomic E-state index is -0.728. The third-order valence-corrected chi connectivity index (χ3v) is 4.37. The SMILES string of the molecule is C=C1C(=O)CC(O)[C@@H]1C#CCC(O)C1(C)CCC1. The normalized spacial score (nSPS) is 31.5. The average molecular weight is 248 g/mol. The molecule has 2 N–H and O–H groups in total. The molecule has 2 saturated carbocycles. The quantitative estimate of drug-likeness (QED) is 0.574. The lowest BCUT2D eigenvalue weighted by Gasteiger charge is -2.41. The Bertz CT molecular complexity index is 423. The van der Waals surface area contributed by atoms with Crippen LogP contribution < -0.4 is 0 Å². The van der Waals surface area contributed by atoms with Gasteiger partial charge < -0.3 is 10.2 Å². The maximum absolute atomic E-state index is 11.3. The lowest BCUT2D eigenvalue weighted by Crippen LogP contribution is -2.38. The molecule has 2 unspecified atom stereocenters. The van der Waals surface area contributed by atoms with E-state index in [1.54, 1.807) is 0 Å². The van der Waals surface area contributed by atoms with Gasteiger partial charge >= 0.3 is 0 Å². The topological polar surface area (TPSA) is 57.5 Å². The van der Waals surface area contributed by atoms with Crippen molar-refractivity contribution < 1.29 is 15.0 Å². The Morgan fingerprint density at radius 1 is 1.56 bits per heavy atom. The van der Waals surface area contributed by atoms with Gasteiger partial charge in [-0.15, -0.1) is 0 Å². The highest BCUT2D eigenvalue weighted by molar-refractivity contribution is 5.98. The van der Waals surface area contributed by atoms with Crippen molar-refractivity contribution in [2.24, 2.45) is 11.3 Å². The molecule has 3 atom stereocenters. The standard InChI is InChI=1S/C15H20O3/c1-10-11(13(17)9-12(10)16)5-3-6-14(18)15(2)7-4-8-15/h11,13-14,17-18H,1,4,6-9H2,2H3/t11-,13?,14?/m1/s1. The number of hydrogen-bond acceptors (Lipinski definition) is 3. The zero-order valence-electron chi connectivity index (χ0n) is 10.8. The lowest BCUT2D eigenvalue weighted by molar-refractivity contribution is -0.115. The van der Waals surface area contributed by atoms with Gasteiger partial charge in [0.1, 0.15) is 0 Å². The molecular weight excluding hydrogens is 228 g/mol. The second kappa shape index (κ2) is 4.87. The second-order valence-corrected chi connectivity index (χ2v) is 5.75. The summed E-state index contributed by atoms with van der Waals surface area (Å²) in [6.07, 6.45) is 2.66. The summed E-state index contributed by atoms with van der Waals surface area (Å²) < 4.78 is 0. The first kappa shape index (κ1) is 13.3. The first-order chi connectivity index (χ1) is 8.44. The van der Waals surface area contributed by atoms with Gasteiger partial charge in [0.2, 0.25) is 0 Å². The highest BCUT2D eigenvalue weighted by Crippen LogP contribution is 2.44. The summed E-state index contributed by atoms with van der Waals surface area (Å²) in [6, 6.07) is 0. The molecule has 0 aromatic carbocycles. The van der Waals surface area contributed by atoms with Gasteiger partial charge in [-0.05, 0) is 18.3 Å². The lowest BCUT2D eigenvalue weighted by atomic mass is 9.66. The van der Waals surface area contributed by atoms with E-state index in [0.717, 1.165) is 12.8 Å². The zero-order valence-corrected chi connectivity index (χ0v) is 10.8. The smallest absolute Gasteiger partial charge is 0.162 e. The van der Waals surface area contributed by atoms with Gasteiger partial charge in [0.15, 0.2) is 5.78 Å². The minimum Gasteiger partial charge on any atom is -0.392 e. The summed E-state index contributed by atoms with van der Waals surface area (Å²) in [4.78, 5) is 11.3. The Morgan fingerprint density at radius 2 is 2.22 bits per heavy atom. The Kier molecular flexibility index (Phi) is 3.61. The Hall–Kier alpha value is -1.11. The average Bonchev–Trinajstić information content (AvgIpc) is 2.52. The van der Waals surface area contributed by atoms with E-state index in [1.165, 1.54) is 6.42 Å². The number of hydrogen-bond donors (Lipinski definition) is 2. The fourth-order valence-electron chi connectivity index (χ4n) is 2.61. The van der Waals surface area contributed by atoms with Crippen molar-refractivity contribution in [3.8, 4) is 11.8 Å². The number of ketones is 1. The molecule has 3 heteroatoms. The predicted molar refractivity (Wildman–Crippen MR) is 68.6 cm³/mol. The second-order valence-electron chi connectivity index (χ2n) is 5.75. The molecule has 0 saturated heterocycles. The van der Waals surface area contributed by atoms with Crippen LogP contribution in [0.2, 0.25) is 0 Å². The van der Waals surface area contributed by atoms with Crippen molar-refractivity contribution in [1.29, 1.82) is 0 Å². The van der Waals surface area contributed by atoms with Crippen LogP contribution in [0.25, 0.3) is 0 Å². The van der Waals surface area contributed by atoms with E-state index in [4.69, 9.17) is 0 Å². The molecule has 2 aliphatic carbocycles. The van der Waals surface area contributed by atoms with E-state index in [1.807, 2.05) is 0 Å². The molecule has 0 bridgehead atoms. The Balaban J connectivity index is 1.92. The van der Waals surface area contributed by atoms with Crippen molar-refractivity contribution in [2.45, 2.75) is 51.2 Å². The molecule has 0 spiro atoms. The molecule has 2 fully saturated rings. The van der Waals surface area contributed by atoms with E-state index in [2.05, 4.69) is 25.3 Å². The third kappa shape index (κ3) is 2.36. The number of carbonyl (C=O) groups excluding carboxylic acids is 1. The number of Topliss-reactive ketones (excluding diaryl/α,β-unsaturated/α-hetero) is 1.